The van der Waals surface area contributed by atoms with Crippen molar-refractivity contribution in [2.45, 2.75) is 110 Å². The van der Waals surface area contributed by atoms with Crippen molar-refractivity contribution in [3.63, 3.8) is 0 Å². The van der Waals surface area contributed by atoms with Crippen molar-refractivity contribution in [3.05, 3.63) is 42.0 Å². The van der Waals surface area contributed by atoms with E-state index in [2.05, 4.69) is 24.1 Å². The summed E-state index contributed by atoms with van der Waals surface area (Å²) in [7, 11) is 0. The Labute approximate surface area is 233 Å². The number of amides is 4. The number of nitrogens with one attached hydrogen (secondary N) is 2. The molecule has 2 atom stereocenters. The number of hydrogen-bond donors (Lipinski definition) is 3. The number of nitrogens with two attached hydrogens (primary N) is 1. The Kier molecular flexibility index (Phi) is 13.2. The van der Waals surface area contributed by atoms with E-state index in [4.69, 9.17) is 10.5 Å². The molecule has 9 heteroatoms. The van der Waals surface area contributed by atoms with Crippen molar-refractivity contribution in [1.82, 2.24) is 15.5 Å². The van der Waals surface area contributed by atoms with Crippen molar-refractivity contribution in [2.24, 2.45) is 5.73 Å². The molecule has 0 aliphatic rings. The van der Waals surface area contributed by atoms with Gasteiger partial charge in [0.25, 0.3) is 0 Å². The summed E-state index contributed by atoms with van der Waals surface area (Å²) in [6.07, 6.45) is 4.99. The normalized spacial score (nSPS) is 13.1. The van der Waals surface area contributed by atoms with Gasteiger partial charge in [0.1, 0.15) is 17.7 Å². The van der Waals surface area contributed by atoms with Gasteiger partial charge in [-0.1, -0.05) is 63.5 Å². The number of carbonyl (C=O) groups excluding carboxylic acids is 4. The third-order valence-corrected chi connectivity index (χ3v) is 5.70. The average Bonchev–Trinajstić information content (AvgIpc) is 2.79. The number of ether oxygens (including phenoxy) is 1. The van der Waals surface area contributed by atoms with Crippen molar-refractivity contribution < 1.29 is 23.9 Å². The molecular weight excluding hydrogens is 496 g/mol. The van der Waals surface area contributed by atoms with Gasteiger partial charge in [-0.15, -0.1) is 0 Å². The number of hydrogen-bond acceptors (Lipinski definition) is 5. The highest BCUT2D eigenvalue weighted by Crippen LogP contribution is 2.26. The maximum Gasteiger partial charge on any atom is 0.408 e. The summed E-state index contributed by atoms with van der Waals surface area (Å²) in [4.78, 5) is 53.8. The number of carbonyl (C=O) groups is 4. The fourth-order valence-electron chi connectivity index (χ4n) is 4.07. The molecule has 0 heterocycles. The van der Waals surface area contributed by atoms with Crippen LogP contribution in [0.15, 0.2) is 30.8 Å². The molecule has 0 aromatic heterocycles. The first-order valence-corrected chi connectivity index (χ1v) is 13.7. The van der Waals surface area contributed by atoms with Crippen molar-refractivity contribution in [3.8, 4) is 0 Å². The van der Waals surface area contributed by atoms with Crippen LogP contribution in [-0.2, 0) is 19.1 Å². The van der Waals surface area contributed by atoms with Crippen LogP contribution >= 0.6 is 0 Å². The van der Waals surface area contributed by atoms with Crippen LogP contribution in [0.3, 0.4) is 0 Å². The fourth-order valence-corrected chi connectivity index (χ4v) is 4.07. The van der Waals surface area contributed by atoms with Gasteiger partial charge < -0.3 is 26.0 Å². The standard InChI is InChI=1S/C30H48N4O5/c1-9-11-12-13-14-18-34(27(37)23(20-24(31)35)32-28(38)39-30(6,7)8)25(26(36)33-29(3,4)5)22-17-15-16-21(10-2)19-22/h10,15-17,19,23,25H,2,9,11-14,18,20H2,1,3-8H3,(H2,31,35)(H,32,38)(H,33,36). The lowest BCUT2D eigenvalue weighted by Crippen LogP contribution is -2.55. The van der Waals surface area contributed by atoms with Crippen LogP contribution in [0.1, 0.15) is 104 Å². The molecule has 0 fully saturated rings. The van der Waals surface area contributed by atoms with E-state index in [0.717, 1.165) is 31.2 Å². The van der Waals surface area contributed by atoms with Gasteiger partial charge in [-0.05, 0) is 65.2 Å². The third-order valence-electron chi connectivity index (χ3n) is 5.70. The summed E-state index contributed by atoms with van der Waals surface area (Å²) in [6, 6.07) is 4.92. The first-order chi connectivity index (χ1) is 18.1. The molecule has 0 aliphatic heterocycles. The summed E-state index contributed by atoms with van der Waals surface area (Å²) in [5.41, 5.74) is 5.46. The number of primary amides is 1. The van der Waals surface area contributed by atoms with Crippen LogP contribution in [0.25, 0.3) is 6.08 Å². The van der Waals surface area contributed by atoms with Crippen LogP contribution in [0.2, 0.25) is 0 Å². The topological polar surface area (TPSA) is 131 Å². The molecule has 1 rings (SSSR count). The van der Waals surface area contributed by atoms with Crippen LogP contribution < -0.4 is 16.4 Å². The molecular formula is C30H48N4O5. The number of alkyl carbamates (subject to hydrolysis) is 1. The van der Waals surface area contributed by atoms with E-state index < -0.39 is 47.6 Å². The predicted molar refractivity (Wildman–Crippen MR) is 155 cm³/mol. The lowest BCUT2D eigenvalue weighted by atomic mass is 9.98. The van der Waals surface area contributed by atoms with Gasteiger partial charge in [-0.3, -0.25) is 14.4 Å². The average molecular weight is 545 g/mol. The minimum Gasteiger partial charge on any atom is -0.444 e. The molecule has 0 aliphatic carbocycles. The predicted octanol–water partition coefficient (Wildman–Crippen LogP) is 4.85. The minimum atomic E-state index is -1.31. The molecule has 39 heavy (non-hydrogen) atoms. The largest absolute Gasteiger partial charge is 0.444 e. The lowest BCUT2D eigenvalue weighted by molar-refractivity contribution is -0.144. The second-order valence-electron chi connectivity index (χ2n) is 11.8. The molecule has 0 bridgehead atoms. The van der Waals surface area contributed by atoms with E-state index in [1.54, 1.807) is 39.0 Å². The zero-order valence-electron chi connectivity index (χ0n) is 24.8. The monoisotopic (exact) mass is 544 g/mol. The van der Waals surface area contributed by atoms with Crippen LogP contribution in [0, 0.1) is 0 Å². The maximum absolute atomic E-state index is 14.1. The Balaban J connectivity index is 3.57. The molecule has 0 saturated heterocycles. The summed E-state index contributed by atoms with van der Waals surface area (Å²) < 4.78 is 5.33. The van der Waals surface area contributed by atoms with Crippen LogP contribution in [0.5, 0.6) is 0 Å². The highest BCUT2D eigenvalue weighted by Gasteiger charge is 2.37. The van der Waals surface area contributed by atoms with Gasteiger partial charge in [0.05, 0.1) is 6.42 Å². The van der Waals surface area contributed by atoms with Gasteiger partial charge in [0.15, 0.2) is 0 Å². The van der Waals surface area contributed by atoms with E-state index >= 15 is 0 Å². The molecule has 0 saturated carbocycles. The minimum absolute atomic E-state index is 0.244. The summed E-state index contributed by atoms with van der Waals surface area (Å²) in [6.45, 7) is 16.8. The van der Waals surface area contributed by atoms with E-state index in [1.165, 1.54) is 4.90 Å². The van der Waals surface area contributed by atoms with Crippen molar-refractivity contribution in [2.75, 3.05) is 6.54 Å². The zero-order chi connectivity index (χ0) is 29.8. The van der Waals surface area contributed by atoms with E-state index in [0.29, 0.717) is 12.0 Å². The second kappa shape index (κ2) is 15.3. The van der Waals surface area contributed by atoms with Crippen molar-refractivity contribution in [1.29, 1.82) is 0 Å². The Morgan fingerprint density at radius 3 is 2.23 bits per heavy atom. The second-order valence-corrected chi connectivity index (χ2v) is 11.8. The molecule has 218 valence electrons. The summed E-state index contributed by atoms with van der Waals surface area (Å²) in [5, 5.41) is 5.50. The molecule has 4 amide bonds. The molecule has 0 radical (unpaired) electrons. The fraction of sp³-hybridized carbons (Fsp3) is 0.600. The van der Waals surface area contributed by atoms with Gasteiger partial charge in [0, 0.05) is 12.1 Å². The molecule has 2 unspecified atom stereocenters. The summed E-state index contributed by atoms with van der Waals surface area (Å²) >= 11 is 0. The first kappa shape index (κ1) is 33.7. The Bertz CT molecular complexity index is 994. The number of nitrogens with zero attached hydrogens (tertiary/aromatic N) is 1. The van der Waals surface area contributed by atoms with Gasteiger partial charge in [-0.25, -0.2) is 4.79 Å². The Morgan fingerprint density at radius 1 is 1.05 bits per heavy atom. The van der Waals surface area contributed by atoms with Crippen LogP contribution in [0.4, 0.5) is 4.79 Å². The number of benzene rings is 1. The first-order valence-electron chi connectivity index (χ1n) is 13.7. The van der Waals surface area contributed by atoms with Gasteiger partial charge >= 0.3 is 6.09 Å². The highest BCUT2D eigenvalue weighted by molar-refractivity contribution is 5.94. The van der Waals surface area contributed by atoms with Crippen LogP contribution in [-0.4, -0.2) is 52.4 Å². The quantitative estimate of drug-likeness (QED) is 0.288. The molecule has 1 aromatic carbocycles. The van der Waals surface area contributed by atoms with E-state index in [9.17, 15) is 19.2 Å². The SMILES string of the molecule is C=Cc1cccc(C(C(=O)NC(C)(C)C)N(CCCCCCC)C(=O)C(CC(N)=O)NC(=O)OC(C)(C)C)c1. The van der Waals surface area contributed by atoms with E-state index in [1.807, 2.05) is 32.9 Å². The maximum atomic E-state index is 14.1. The van der Waals surface area contributed by atoms with Gasteiger partial charge in [0.2, 0.25) is 17.7 Å². The molecule has 9 nitrogen and oxygen atoms in total. The Hall–Kier alpha value is -3.36. The lowest BCUT2D eigenvalue weighted by Gasteiger charge is -2.36. The number of unbranched alkanes of at least 4 members (excludes halogenated alkanes) is 4. The summed E-state index contributed by atoms with van der Waals surface area (Å²) in [5.74, 6) is -1.73. The van der Waals surface area contributed by atoms with Gasteiger partial charge in [-0.2, -0.15) is 0 Å². The third kappa shape index (κ3) is 12.8. The zero-order valence-corrected chi connectivity index (χ0v) is 24.8. The molecule has 4 N–H and O–H groups in total. The van der Waals surface area contributed by atoms with Crippen molar-refractivity contribution >= 4 is 29.9 Å². The number of rotatable bonds is 14. The molecule has 0 spiro atoms. The Morgan fingerprint density at radius 2 is 1.69 bits per heavy atom. The molecule has 1 aromatic rings. The smallest absolute Gasteiger partial charge is 0.408 e. The van der Waals surface area contributed by atoms with E-state index in [-0.39, 0.29) is 12.5 Å². The highest BCUT2D eigenvalue weighted by atomic mass is 16.6.